The lowest BCUT2D eigenvalue weighted by Gasteiger charge is -2.20. The topological polar surface area (TPSA) is 54.9 Å². The third-order valence-corrected chi connectivity index (χ3v) is 5.03. The highest BCUT2D eigenvalue weighted by Crippen LogP contribution is 2.33. The van der Waals surface area contributed by atoms with Gasteiger partial charge in [0.05, 0.1) is 11.4 Å². The van der Waals surface area contributed by atoms with Crippen molar-refractivity contribution in [3.63, 3.8) is 0 Å². The number of nitrogens with zero attached hydrogens (tertiary/aromatic N) is 2. The molecule has 3 aromatic rings. The van der Waals surface area contributed by atoms with Gasteiger partial charge in [-0.2, -0.15) is 0 Å². The lowest BCUT2D eigenvalue weighted by molar-refractivity contribution is -0.116. The molecule has 1 N–H and O–H groups in total. The number of fused-ring (bicyclic) bond motifs is 3. The first-order valence-corrected chi connectivity index (χ1v) is 10.2. The second-order valence-corrected chi connectivity index (χ2v) is 7.94. The second kappa shape index (κ2) is 8.57. The van der Waals surface area contributed by atoms with Crippen molar-refractivity contribution in [1.29, 1.82) is 0 Å². The number of amides is 1. The monoisotopic (exact) mass is 401 g/mol. The molecule has 5 heteroatoms. The molecule has 0 bridgehead atoms. The summed E-state index contributed by atoms with van der Waals surface area (Å²) in [6.07, 6.45) is 5.60. The Kier molecular flexibility index (Phi) is 5.70. The Bertz CT molecular complexity index is 1110. The summed E-state index contributed by atoms with van der Waals surface area (Å²) in [5.74, 6) is 0.400. The number of carbonyl (C=O) groups is 1. The predicted molar refractivity (Wildman–Crippen MR) is 118 cm³/mol. The lowest BCUT2D eigenvalue weighted by Crippen LogP contribution is -2.18. The molecule has 0 atom stereocenters. The van der Waals surface area contributed by atoms with E-state index in [1.54, 1.807) is 12.1 Å². The minimum absolute atomic E-state index is 0.0770. The molecule has 0 saturated heterocycles. The fraction of sp³-hybridized carbons (Fsp3) is 0.240. The first kappa shape index (κ1) is 20.0. The van der Waals surface area contributed by atoms with Crippen molar-refractivity contribution in [2.45, 2.75) is 33.1 Å². The van der Waals surface area contributed by atoms with Crippen molar-refractivity contribution in [3.05, 3.63) is 76.9 Å². The van der Waals surface area contributed by atoms with Gasteiger partial charge in [-0.1, -0.05) is 50.3 Å². The van der Waals surface area contributed by atoms with Crippen LogP contribution in [0.15, 0.2) is 48.5 Å². The maximum Gasteiger partial charge on any atom is 0.225 e. The number of anilines is 1. The van der Waals surface area contributed by atoms with E-state index in [0.29, 0.717) is 30.8 Å². The molecule has 1 aliphatic carbocycles. The third kappa shape index (κ3) is 4.46. The standard InChI is InChI=1S/C25H24FN3O/c1-16(2)14-23(30)29-25-22(12-8-17-6-4-3-5-7-17)27-24-20-11-10-19(26)15-18(20)9-13-21(24)28-25/h3-8,10-12,15-16H,9,13-14H2,1-2H3,(H,28,29,30). The Labute approximate surface area is 175 Å². The summed E-state index contributed by atoms with van der Waals surface area (Å²) < 4.78 is 13.7. The molecule has 152 valence electrons. The molecule has 4 rings (SSSR count). The molecule has 0 aliphatic heterocycles. The fourth-order valence-electron chi connectivity index (χ4n) is 3.63. The van der Waals surface area contributed by atoms with Gasteiger partial charge in [-0.15, -0.1) is 0 Å². The normalized spacial score (nSPS) is 12.7. The molecular formula is C25H24FN3O. The van der Waals surface area contributed by atoms with Crippen LogP contribution in [0.4, 0.5) is 10.2 Å². The van der Waals surface area contributed by atoms with Crippen molar-refractivity contribution in [3.8, 4) is 11.3 Å². The number of aryl methyl sites for hydroxylation is 2. The lowest BCUT2D eigenvalue weighted by atomic mass is 9.91. The van der Waals surface area contributed by atoms with E-state index in [9.17, 15) is 9.18 Å². The van der Waals surface area contributed by atoms with Crippen molar-refractivity contribution in [1.82, 2.24) is 9.97 Å². The quantitative estimate of drug-likeness (QED) is 0.611. The molecule has 0 fully saturated rings. The van der Waals surface area contributed by atoms with Crippen LogP contribution in [0.5, 0.6) is 0 Å². The summed E-state index contributed by atoms with van der Waals surface area (Å²) in [5, 5.41) is 2.94. The van der Waals surface area contributed by atoms with Gasteiger partial charge in [0.1, 0.15) is 11.5 Å². The highest BCUT2D eigenvalue weighted by Gasteiger charge is 2.22. The molecule has 1 aromatic heterocycles. The number of aromatic nitrogens is 2. The molecule has 4 nitrogen and oxygen atoms in total. The minimum Gasteiger partial charge on any atom is -0.309 e. The Morgan fingerprint density at radius 3 is 2.67 bits per heavy atom. The Balaban J connectivity index is 1.76. The van der Waals surface area contributed by atoms with Crippen LogP contribution in [0.1, 0.15) is 42.8 Å². The van der Waals surface area contributed by atoms with Crippen molar-refractivity contribution < 1.29 is 9.18 Å². The molecular weight excluding hydrogens is 377 g/mol. The van der Waals surface area contributed by atoms with Crippen LogP contribution in [0.25, 0.3) is 23.4 Å². The van der Waals surface area contributed by atoms with Crippen LogP contribution in [0.3, 0.4) is 0 Å². The minimum atomic E-state index is -0.244. The van der Waals surface area contributed by atoms with Crippen molar-refractivity contribution >= 4 is 23.9 Å². The molecule has 0 spiro atoms. The van der Waals surface area contributed by atoms with Gasteiger partial charge in [-0.05, 0) is 54.2 Å². The third-order valence-electron chi connectivity index (χ3n) is 5.03. The van der Waals surface area contributed by atoms with Gasteiger partial charge in [0.15, 0.2) is 5.82 Å². The molecule has 1 aliphatic rings. The number of nitrogens with one attached hydrogen (secondary N) is 1. The largest absolute Gasteiger partial charge is 0.309 e. The van der Waals surface area contributed by atoms with Crippen molar-refractivity contribution in [2.75, 3.05) is 5.32 Å². The van der Waals surface area contributed by atoms with E-state index in [1.807, 2.05) is 56.3 Å². The van der Waals surface area contributed by atoms with Gasteiger partial charge < -0.3 is 5.32 Å². The zero-order valence-corrected chi connectivity index (χ0v) is 17.2. The second-order valence-electron chi connectivity index (χ2n) is 7.94. The van der Waals surface area contributed by atoms with Crippen LogP contribution >= 0.6 is 0 Å². The average Bonchev–Trinajstić information content (AvgIpc) is 2.72. The average molecular weight is 401 g/mol. The molecule has 1 heterocycles. The van der Waals surface area contributed by atoms with E-state index in [1.165, 1.54) is 6.07 Å². The summed E-state index contributed by atoms with van der Waals surface area (Å²) >= 11 is 0. The van der Waals surface area contributed by atoms with E-state index in [-0.39, 0.29) is 17.6 Å². The van der Waals surface area contributed by atoms with Gasteiger partial charge in [0, 0.05) is 12.0 Å². The fourth-order valence-corrected chi connectivity index (χ4v) is 3.63. The highest BCUT2D eigenvalue weighted by atomic mass is 19.1. The van der Waals surface area contributed by atoms with E-state index in [4.69, 9.17) is 9.97 Å². The summed E-state index contributed by atoms with van der Waals surface area (Å²) in [4.78, 5) is 22.0. The van der Waals surface area contributed by atoms with Crippen LogP contribution in [0, 0.1) is 11.7 Å². The smallest absolute Gasteiger partial charge is 0.225 e. The SMILES string of the molecule is CC(C)CC(=O)Nc1nc2c(nc1C=Cc1ccccc1)-c1ccc(F)cc1CC2. The number of hydrogen-bond acceptors (Lipinski definition) is 3. The number of benzene rings is 2. The zero-order valence-electron chi connectivity index (χ0n) is 17.2. The van der Waals surface area contributed by atoms with Gasteiger partial charge >= 0.3 is 0 Å². The molecule has 2 aromatic carbocycles. The van der Waals surface area contributed by atoms with Crippen LogP contribution in [-0.4, -0.2) is 15.9 Å². The highest BCUT2D eigenvalue weighted by molar-refractivity contribution is 5.92. The molecule has 0 unspecified atom stereocenters. The number of rotatable bonds is 5. The summed E-state index contributed by atoms with van der Waals surface area (Å²) in [6.45, 7) is 4.01. The Morgan fingerprint density at radius 2 is 1.90 bits per heavy atom. The Hall–Kier alpha value is -3.34. The summed E-state index contributed by atoms with van der Waals surface area (Å²) in [6, 6.07) is 14.7. The number of halogens is 1. The van der Waals surface area contributed by atoms with E-state index in [2.05, 4.69) is 5.32 Å². The number of hydrogen-bond donors (Lipinski definition) is 1. The number of carbonyl (C=O) groups excluding carboxylic acids is 1. The van der Waals surface area contributed by atoms with Gasteiger partial charge in [0.2, 0.25) is 5.91 Å². The van der Waals surface area contributed by atoms with Crippen LogP contribution in [-0.2, 0) is 17.6 Å². The molecule has 0 saturated carbocycles. The summed E-state index contributed by atoms with van der Waals surface area (Å²) in [7, 11) is 0. The van der Waals surface area contributed by atoms with E-state index in [0.717, 1.165) is 28.1 Å². The molecule has 1 amide bonds. The first-order valence-electron chi connectivity index (χ1n) is 10.2. The van der Waals surface area contributed by atoms with Gasteiger partial charge in [-0.3, -0.25) is 4.79 Å². The first-order chi connectivity index (χ1) is 14.5. The van der Waals surface area contributed by atoms with Crippen LogP contribution < -0.4 is 5.32 Å². The Morgan fingerprint density at radius 1 is 1.10 bits per heavy atom. The maximum atomic E-state index is 13.7. The summed E-state index contributed by atoms with van der Waals surface area (Å²) in [5.41, 5.74) is 5.04. The van der Waals surface area contributed by atoms with Gasteiger partial charge in [-0.25, -0.2) is 14.4 Å². The predicted octanol–water partition coefficient (Wildman–Crippen LogP) is 5.54. The van der Waals surface area contributed by atoms with Crippen LogP contribution in [0.2, 0.25) is 0 Å². The molecule has 0 radical (unpaired) electrons. The molecule has 30 heavy (non-hydrogen) atoms. The maximum absolute atomic E-state index is 13.7. The van der Waals surface area contributed by atoms with Gasteiger partial charge in [0.25, 0.3) is 0 Å². The zero-order chi connectivity index (χ0) is 21.1. The van der Waals surface area contributed by atoms with E-state index < -0.39 is 0 Å². The van der Waals surface area contributed by atoms with E-state index >= 15 is 0 Å². The van der Waals surface area contributed by atoms with Crippen molar-refractivity contribution in [2.24, 2.45) is 5.92 Å².